The molecule has 0 unspecified atom stereocenters. The van der Waals surface area contributed by atoms with Gasteiger partial charge >= 0.3 is 0 Å². The Balaban J connectivity index is 1.84. The second-order valence-electron chi connectivity index (χ2n) is 4.90. The van der Waals surface area contributed by atoms with E-state index < -0.39 is 9.84 Å². The van der Waals surface area contributed by atoms with Crippen LogP contribution in [0.5, 0.6) is 0 Å². The van der Waals surface area contributed by atoms with Crippen molar-refractivity contribution in [1.82, 2.24) is 5.32 Å². The number of amides is 1. The molecule has 1 atom stereocenters. The van der Waals surface area contributed by atoms with Crippen LogP contribution in [0, 0.1) is 5.82 Å². The predicted octanol–water partition coefficient (Wildman–Crippen LogP) is 1.82. The van der Waals surface area contributed by atoms with E-state index in [9.17, 15) is 17.6 Å². The molecule has 1 aromatic carbocycles. The summed E-state index contributed by atoms with van der Waals surface area (Å²) < 4.78 is 36.8. The minimum absolute atomic E-state index is 0.00534. The molecule has 4 nitrogen and oxygen atoms in total. The summed E-state index contributed by atoms with van der Waals surface area (Å²) in [6.07, 6.45) is 0.903. The first kappa shape index (κ1) is 15.4. The van der Waals surface area contributed by atoms with Gasteiger partial charge in [0.25, 0.3) is 0 Å². The highest BCUT2D eigenvalue weighted by atomic mass is 79.9. The van der Waals surface area contributed by atoms with E-state index in [1.165, 1.54) is 6.07 Å². The van der Waals surface area contributed by atoms with Gasteiger partial charge in [0, 0.05) is 16.9 Å². The van der Waals surface area contributed by atoms with Crippen molar-refractivity contribution < 1.29 is 17.6 Å². The van der Waals surface area contributed by atoms with Gasteiger partial charge in [-0.25, -0.2) is 12.8 Å². The summed E-state index contributed by atoms with van der Waals surface area (Å²) in [5, 5.41) is 2.69. The minimum atomic E-state index is -3.00. The quantitative estimate of drug-likeness (QED) is 0.887. The third kappa shape index (κ3) is 4.28. The third-order valence-corrected chi connectivity index (χ3v) is 5.50. The summed E-state index contributed by atoms with van der Waals surface area (Å²) in [7, 11) is -3.00. The Hall–Kier alpha value is -0.950. The largest absolute Gasteiger partial charge is 0.352 e. The van der Waals surface area contributed by atoms with Crippen LogP contribution >= 0.6 is 15.9 Å². The second kappa shape index (κ2) is 6.22. The van der Waals surface area contributed by atoms with Crippen molar-refractivity contribution >= 4 is 31.7 Å². The average Bonchev–Trinajstić information content (AvgIpc) is 2.67. The van der Waals surface area contributed by atoms with Crippen LogP contribution < -0.4 is 5.32 Å². The lowest BCUT2D eigenvalue weighted by molar-refractivity contribution is -0.121. The molecule has 1 saturated heterocycles. The molecule has 1 heterocycles. The molecule has 0 radical (unpaired) electrons. The molecule has 1 aliphatic rings. The van der Waals surface area contributed by atoms with Crippen molar-refractivity contribution in [2.24, 2.45) is 0 Å². The first-order valence-corrected chi connectivity index (χ1v) is 8.91. The van der Waals surface area contributed by atoms with Crippen LogP contribution in [0.4, 0.5) is 4.39 Å². The normalized spacial score (nSPS) is 20.8. The molecule has 1 aliphatic heterocycles. The van der Waals surface area contributed by atoms with E-state index in [4.69, 9.17) is 0 Å². The van der Waals surface area contributed by atoms with Gasteiger partial charge in [-0.1, -0.05) is 22.0 Å². The first-order valence-electron chi connectivity index (χ1n) is 6.29. The van der Waals surface area contributed by atoms with Crippen LogP contribution in [-0.2, 0) is 21.1 Å². The number of hydrogen-bond acceptors (Lipinski definition) is 3. The molecule has 0 aromatic heterocycles. The van der Waals surface area contributed by atoms with Crippen molar-refractivity contribution in [2.45, 2.75) is 25.3 Å². The van der Waals surface area contributed by atoms with Gasteiger partial charge in [0.15, 0.2) is 9.84 Å². The average molecular weight is 364 g/mol. The van der Waals surface area contributed by atoms with Gasteiger partial charge < -0.3 is 5.32 Å². The molecule has 0 spiro atoms. The molecular weight excluding hydrogens is 349 g/mol. The minimum Gasteiger partial charge on any atom is -0.352 e. The van der Waals surface area contributed by atoms with E-state index in [-0.39, 0.29) is 35.7 Å². The van der Waals surface area contributed by atoms with E-state index >= 15 is 0 Å². The number of carbonyl (C=O) groups is 1. The maximum atomic E-state index is 13.6. The second-order valence-corrected chi connectivity index (χ2v) is 8.05. The molecular formula is C13H15BrFNO3S. The number of hydrogen-bond donors (Lipinski definition) is 1. The summed E-state index contributed by atoms with van der Waals surface area (Å²) >= 11 is 3.17. The number of benzene rings is 1. The smallest absolute Gasteiger partial charge is 0.220 e. The highest BCUT2D eigenvalue weighted by Gasteiger charge is 2.28. The topological polar surface area (TPSA) is 63.2 Å². The fourth-order valence-electron chi connectivity index (χ4n) is 2.18. The summed E-state index contributed by atoms with van der Waals surface area (Å²) in [5.41, 5.74) is 0.474. The van der Waals surface area contributed by atoms with Gasteiger partial charge in [-0.2, -0.15) is 0 Å². The maximum absolute atomic E-state index is 13.6. The van der Waals surface area contributed by atoms with Crippen molar-refractivity contribution in [2.75, 3.05) is 11.5 Å². The number of nitrogens with one attached hydrogen (secondary N) is 1. The van der Waals surface area contributed by atoms with Crippen LogP contribution in [0.1, 0.15) is 18.4 Å². The highest BCUT2D eigenvalue weighted by molar-refractivity contribution is 9.10. The molecule has 0 saturated carbocycles. The van der Waals surface area contributed by atoms with Gasteiger partial charge in [-0.05, 0) is 30.5 Å². The van der Waals surface area contributed by atoms with Gasteiger partial charge in [-0.15, -0.1) is 0 Å². The predicted molar refractivity (Wildman–Crippen MR) is 77.6 cm³/mol. The lowest BCUT2D eigenvalue weighted by Gasteiger charge is -2.11. The number of aryl methyl sites for hydroxylation is 1. The van der Waals surface area contributed by atoms with E-state index in [1.54, 1.807) is 12.1 Å². The Kier molecular flexibility index (Phi) is 4.80. The number of sulfone groups is 1. The van der Waals surface area contributed by atoms with Crippen molar-refractivity contribution in [3.8, 4) is 0 Å². The number of halogens is 2. The maximum Gasteiger partial charge on any atom is 0.220 e. The lowest BCUT2D eigenvalue weighted by Crippen LogP contribution is -2.35. The van der Waals surface area contributed by atoms with Crippen molar-refractivity contribution in [3.05, 3.63) is 34.1 Å². The summed E-state index contributed by atoms with van der Waals surface area (Å²) in [5.74, 6) is -0.463. The number of rotatable bonds is 4. The Morgan fingerprint density at radius 3 is 2.80 bits per heavy atom. The van der Waals surface area contributed by atoms with Crippen LogP contribution in [0.25, 0.3) is 0 Å². The molecule has 1 N–H and O–H groups in total. The SMILES string of the molecule is O=C(CCc1ccc(Br)cc1F)N[C@@H]1CCS(=O)(=O)C1. The standard InChI is InChI=1S/C13H15BrFNO3S/c14-10-3-1-9(12(15)7-10)2-4-13(17)16-11-5-6-20(18,19)8-11/h1,3,7,11H,2,4-6,8H2,(H,16,17)/t11-/m1/s1. The molecule has 0 aliphatic carbocycles. The van der Waals surface area contributed by atoms with Crippen LogP contribution in [0.3, 0.4) is 0 Å². The molecule has 1 aromatic rings. The fourth-order valence-corrected chi connectivity index (χ4v) is 4.19. The molecule has 0 bridgehead atoms. The zero-order chi connectivity index (χ0) is 14.8. The van der Waals surface area contributed by atoms with E-state index in [1.807, 2.05) is 0 Å². The van der Waals surface area contributed by atoms with Gasteiger partial charge in [0.2, 0.25) is 5.91 Å². The molecule has 110 valence electrons. The molecule has 2 rings (SSSR count). The third-order valence-electron chi connectivity index (χ3n) is 3.23. The fraction of sp³-hybridized carbons (Fsp3) is 0.462. The zero-order valence-corrected chi connectivity index (χ0v) is 13.1. The van der Waals surface area contributed by atoms with Crippen molar-refractivity contribution in [3.63, 3.8) is 0 Å². The first-order chi connectivity index (χ1) is 9.35. The number of carbonyl (C=O) groups excluding carboxylic acids is 1. The van der Waals surface area contributed by atoms with E-state index in [2.05, 4.69) is 21.2 Å². The van der Waals surface area contributed by atoms with Crippen molar-refractivity contribution in [1.29, 1.82) is 0 Å². The van der Waals surface area contributed by atoms with E-state index in [0.717, 1.165) is 0 Å². The Morgan fingerprint density at radius 1 is 1.45 bits per heavy atom. The van der Waals surface area contributed by atoms with Crippen LogP contribution in [0.2, 0.25) is 0 Å². The van der Waals surface area contributed by atoms with Gasteiger partial charge in [-0.3, -0.25) is 4.79 Å². The van der Waals surface area contributed by atoms with Crippen LogP contribution in [0.15, 0.2) is 22.7 Å². The Labute approximate surface area is 125 Å². The summed E-state index contributed by atoms with van der Waals surface area (Å²) in [6.45, 7) is 0. The molecule has 1 fully saturated rings. The van der Waals surface area contributed by atoms with Gasteiger partial charge in [0.1, 0.15) is 5.82 Å². The summed E-state index contributed by atoms with van der Waals surface area (Å²) in [4.78, 5) is 11.7. The lowest BCUT2D eigenvalue weighted by atomic mass is 10.1. The monoisotopic (exact) mass is 363 g/mol. The Morgan fingerprint density at radius 2 is 2.20 bits per heavy atom. The summed E-state index contributed by atoms with van der Waals surface area (Å²) in [6, 6.07) is 4.41. The Bertz CT molecular complexity index is 618. The van der Waals surface area contributed by atoms with E-state index in [0.29, 0.717) is 22.9 Å². The molecule has 20 heavy (non-hydrogen) atoms. The molecule has 7 heteroatoms. The van der Waals surface area contributed by atoms with Crippen LogP contribution in [-0.4, -0.2) is 31.9 Å². The molecule has 1 amide bonds. The zero-order valence-electron chi connectivity index (χ0n) is 10.7. The highest BCUT2D eigenvalue weighted by Crippen LogP contribution is 2.17. The van der Waals surface area contributed by atoms with Gasteiger partial charge in [0.05, 0.1) is 11.5 Å².